The molecular weight excluding hydrogens is 890 g/mol. The number of fused-ring (bicyclic) bond motifs is 20. The molecule has 12 nitrogen and oxygen atoms in total. The number of hydrogen-bond donors (Lipinski definition) is 9. The number of carboxylic acids is 1. The molecule has 9 aliphatic rings. The van der Waals surface area contributed by atoms with Crippen molar-refractivity contribution in [3.8, 4) is 0 Å². The molecule has 11 rings (SSSR count). The summed E-state index contributed by atoms with van der Waals surface area (Å²) in [5.74, 6) is 2.17. The van der Waals surface area contributed by atoms with Gasteiger partial charge in [-0.2, -0.15) is 0 Å². The molecule has 0 amide bonds. The van der Waals surface area contributed by atoms with Gasteiger partial charge in [0.15, 0.2) is 0 Å². The van der Waals surface area contributed by atoms with Crippen LogP contribution in [0.1, 0.15) is 83.5 Å². The third-order valence-corrected chi connectivity index (χ3v) is 20.4. The van der Waals surface area contributed by atoms with Crippen molar-refractivity contribution in [3.05, 3.63) is 48.5 Å². The number of benzene rings is 2. The molecule has 2 aromatic rings. The van der Waals surface area contributed by atoms with E-state index < -0.39 is 11.9 Å². The van der Waals surface area contributed by atoms with Gasteiger partial charge in [-0.05, 0) is 123 Å². The quantitative estimate of drug-likeness (QED) is 0.160. The molecule has 0 aromatic heterocycles. The van der Waals surface area contributed by atoms with Crippen molar-refractivity contribution in [1.82, 2.24) is 42.5 Å². The zero-order chi connectivity index (χ0) is 42.9. The van der Waals surface area contributed by atoms with E-state index in [0.717, 1.165) is 17.0 Å². The monoisotopic (exact) mass is 962 g/mol. The standard InChI is InChI=1S/C49H74N10O2S2.Zn/c1-58(2)26-13-11-15-28(23-26)62-37-25-36-38(39(49(60)61)40(37)63-29-16-12-14-27(24-29)59(3)4)48-56-46-35-22-10-9-21-34(35)44(54-46)52-42-31-18-6-5-17-30(31)41(50-42)51-43-32-19-7-8-20-33(32)45(53-43)55-47(36)57-48;/h11-16,23-24,30-48,50-57H,5-10,17-22,25H2,1-4H3,(H,60,61);. The van der Waals surface area contributed by atoms with E-state index in [1.165, 1.54) is 87.6 Å². The van der Waals surface area contributed by atoms with Gasteiger partial charge >= 0.3 is 5.97 Å². The van der Waals surface area contributed by atoms with Crippen LogP contribution in [0, 0.1) is 53.3 Å². The van der Waals surface area contributed by atoms with Gasteiger partial charge in [-0.15, -0.1) is 23.5 Å². The van der Waals surface area contributed by atoms with Crippen LogP contribution in [0.5, 0.6) is 0 Å². The maximum atomic E-state index is 14.3. The fourth-order valence-electron chi connectivity index (χ4n) is 14.6. The van der Waals surface area contributed by atoms with Crippen LogP contribution >= 0.6 is 23.5 Å². The number of nitrogens with one attached hydrogen (secondary N) is 8. The molecule has 9 fully saturated rings. The number of nitrogens with zero attached hydrogens (tertiary/aromatic N) is 2. The van der Waals surface area contributed by atoms with Gasteiger partial charge in [0.05, 0.1) is 55.2 Å². The SMILES string of the molecule is CN(C)c1cccc(SC2CC3C4NC5NC(NC6NC(NC7NC(NC(N4)C3C(C(=O)O)C2Sc2cccc(N(C)C)c2)C2CCCCC72)C2CCCCC62)C2CCCCC52)c1.[Zn]. The molecule has 19 unspecified atom stereocenters. The van der Waals surface area contributed by atoms with E-state index in [4.69, 9.17) is 0 Å². The second kappa shape index (κ2) is 19.5. The van der Waals surface area contributed by atoms with E-state index in [1.54, 1.807) is 11.8 Å². The first-order valence-corrected chi connectivity index (χ1v) is 26.6. The summed E-state index contributed by atoms with van der Waals surface area (Å²) in [5, 5.41) is 45.6. The Morgan fingerprint density at radius 3 is 1.22 bits per heavy atom. The van der Waals surface area contributed by atoms with E-state index in [-0.39, 0.29) is 85.0 Å². The Labute approximate surface area is 403 Å². The van der Waals surface area contributed by atoms with E-state index in [0.29, 0.717) is 41.7 Å². The maximum absolute atomic E-state index is 14.3. The minimum absolute atomic E-state index is 0. The third-order valence-electron chi connectivity index (χ3n) is 17.5. The molecule has 2 aromatic carbocycles. The van der Waals surface area contributed by atoms with Crippen molar-refractivity contribution in [3.63, 3.8) is 0 Å². The average Bonchev–Trinajstić information content (AvgIpc) is 4.02. The van der Waals surface area contributed by atoms with E-state index in [2.05, 4.69) is 129 Å². The van der Waals surface area contributed by atoms with Crippen LogP contribution in [-0.2, 0) is 24.3 Å². The summed E-state index contributed by atoms with van der Waals surface area (Å²) in [7, 11) is 8.36. The molecule has 64 heavy (non-hydrogen) atoms. The Kier molecular flexibility index (Phi) is 14.1. The fraction of sp³-hybridized carbons (Fsp3) is 0.735. The van der Waals surface area contributed by atoms with E-state index >= 15 is 0 Å². The largest absolute Gasteiger partial charge is 0.481 e. The molecule has 5 saturated heterocycles. The summed E-state index contributed by atoms with van der Waals surface area (Å²) in [6.07, 6.45) is 17.3. The van der Waals surface area contributed by atoms with E-state index in [9.17, 15) is 9.90 Å². The van der Waals surface area contributed by atoms with Gasteiger partial charge < -0.3 is 14.9 Å². The second-order valence-electron chi connectivity index (χ2n) is 21.4. The van der Waals surface area contributed by atoms with Crippen molar-refractivity contribution in [1.29, 1.82) is 0 Å². The molecule has 4 saturated carbocycles. The summed E-state index contributed by atoms with van der Waals surface area (Å²) >= 11 is 3.70. The Balaban J connectivity index is 0.00000484. The van der Waals surface area contributed by atoms with Crippen molar-refractivity contribution < 1.29 is 29.4 Å². The number of anilines is 2. The summed E-state index contributed by atoms with van der Waals surface area (Å²) < 4.78 is 0. The first-order chi connectivity index (χ1) is 30.7. The topological polar surface area (TPSA) is 140 Å². The molecule has 4 aliphatic carbocycles. The predicted octanol–water partition coefficient (Wildman–Crippen LogP) is 5.59. The first-order valence-electron chi connectivity index (χ1n) is 24.9. The number of rotatable bonds is 7. The number of aliphatic carboxylic acids is 1. The summed E-state index contributed by atoms with van der Waals surface area (Å²) in [6.45, 7) is 0. The summed E-state index contributed by atoms with van der Waals surface area (Å²) in [5.41, 5.74) is 2.30. The molecular formula is C49H74N10O2S2Zn. The first kappa shape index (κ1) is 46.3. The van der Waals surface area contributed by atoms with Gasteiger partial charge in [-0.3, -0.25) is 47.3 Å². The van der Waals surface area contributed by atoms with Crippen LogP contribution < -0.4 is 52.3 Å². The van der Waals surface area contributed by atoms with Crippen molar-refractivity contribution >= 4 is 40.9 Å². The molecule has 8 bridgehead atoms. The third kappa shape index (κ3) is 8.86. The van der Waals surface area contributed by atoms with Gasteiger partial charge in [-0.1, -0.05) is 50.7 Å². The number of hydrogen-bond acceptors (Lipinski definition) is 13. The van der Waals surface area contributed by atoms with Gasteiger partial charge in [0.2, 0.25) is 0 Å². The minimum atomic E-state index is -0.673. The number of thioether (sulfide) groups is 2. The Morgan fingerprint density at radius 1 is 0.516 bits per heavy atom. The number of carboxylic acid groups (broad SMARTS) is 1. The Hall–Kier alpha value is -1.49. The Bertz CT molecular complexity index is 1950. The van der Waals surface area contributed by atoms with Crippen LogP contribution in [0.15, 0.2) is 58.3 Å². The minimum Gasteiger partial charge on any atom is -0.481 e. The van der Waals surface area contributed by atoms with Gasteiger partial charge in [0, 0.05) is 85.3 Å². The molecule has 19 atom stereocenters. The zero-order valence-corrected chi connectivity index (χ0v) is 43.2. The fourth-order valence-corrected chi connectivity index (χ4v) is 17.6. The average molecular weight is 965 g/mol. The van der Waals surface area contributed by atoms with Gasteiger partial charge in [0.1, 0.15) is 0 Å². The van der Waals surface area contributed by atoms with Gasteiger partial charge in [0.25, 0.3) is 0 Å². The molecule has 15 heteroatoms. The van der Waals surface area contributed by atoms with Crippen LogP contribution in [0.25, 0.3) is 0 Å². The van der Waals surface area contributed by atoms with Crippen molar-refractivity contribution in [2.75, 3.05) is 38.0 Å². The zero-order valence-electron chi connectivity index (χ0n) is 38.6. The van der Waals surface area contributed by atoms with Crippen LogP contribution in [-0.4, -0.2) is 99.1 Å². The van der Waals surface area contributed by atoms with Crippen LogP contribution in [0.3, 0.4) is 0 Å². The predicted molar refractivity (Wildman–Crippen MR) is 255 cm³/mol. The van der Waals surface area contributed by atoms with Crippen LogP contribution in [0.4, 0.5) is 11.4 Å². The Morgan fingerprint density at radius 2 is 0.859 bits per heavy atom. The molecule has 5 aliphatic heterocycles. The second-order valence-corrected chi connectivity index (χ2v) is 23.9. The molecule has 0 radical (unpaired) electrons. The molecule has 0 spiro atoms. The van der Waals surface area contributed by atoms with Crippen LogP contribution in [0.2, 0.25) is 0 Å². The van der Waals surface area contributed by atoms with Gasteiger partial charge in [-0.25, -0.2) is 0 Å². The molecule has 5 heterocycles. The number of carbonyl (C=O) groups is 1. The molecule has 346 valence electrons. The molecule has 9 N–H and O–H groups in total. The van der Waals surface area contributed by atoms with E-state index in [1.807, 2.05) is 11.8 Å². The summed E-state index contributed by atoms with van der Waals surface area (Å²) in [4.78, 5) is 21.0. The van der Waals surface area contributed by atoms with Crippen molar-refractivity contribution in [2.24, 2.45) is 53.3 Å². The normalized spacial score (nSPS) is 43.5. The van der Waals surface area contributed by atoms with Crippen molar-refractivity contribution in [2.45, 2.75) is 153 Å². The smallest absolute Gasteiger partial charge is 0.308 e. The summed E-state index contributed by atoms with van der Waals surface area (Å²) in [6, 6.07) is 17.5. The maximum Gasteiger partial charge on any atom is 0.308 e.